The van der Waals surface area contributed by atoms with E-state index in [0.717, 1.165) is 5.75 Å². The summed E-state index contributed by atoms with van der Waals surface area (Å²) in [5, 5.41) is 8.81. The van der Waals surface area contributed by atoms with Gasteiger partial charge in [0.2, 0.25) is 0 Å². The molecule has 0 amide bonds. The number of aryl methyl sites for hydroxylation is 1. The zero-order chi connectivity index (χ0) is 15.4. The van der Waals surface area contributed by atoms with E-state index in [1.807, 2.05) is 12.1 Å². The van der Waals surface area contributed by atoms with E-state index in [1.165, 1.54) is 23.4 Å². The summed E-state index contributed by atoms with van der Waals surface area (Å²) in [6.45, 7) is 6.72. The van der Waals surface area contributed by atoms with E-state index in [2.05, 4.69) is 31.8 Å². The number of carboxylic acid groups (broad SMARTS) is 1. The molecule has 0 saturated carbocycles. The first kappa shape index (κ1) is 15.0. The molecule has 4 heteroatoms. The van der Waals surface area contributed by atoms with Crippen molar-refractivity contribution in [3.8, 4) is 5.75 Å². The van der Waals surface area contributed by atoms with Gasteiger partial charge in [-0.3, -0.25) is 4.98 Å². The number of benzene rings is 1. The molecule has 0 aliphatic heterocycles. The topological polar surface area (TPSA) is 59.4 Å². The molecule has 0 saturated heterocycles. The maximum atomic E-state index is 10.7. The van der Waals surface area contributed by atoms with Crippen LogP contribution < -0.4 is 4.74 Å². The molecule has 0 fully saturated rings. The molecule has 2 rings (SSSR count). The first-order valence-corrected chi connectivity index (χ1v) is 6.89. The summed E-state index contributed by atoms with van der Waals surface area (Å²) in [7, 11) is 0. The molecule has 1 N–H and O–H groups in total. The number of hydrogen-bond acceptors (Lipinski definition) is 3. The fourth-order valence-corrected chi connectivity index (χ4v) is 2.18. The van der Waals surface area contributed by atoms with Crippen molar-refractivity contribution in [1.82, 2.24) is 4.98 Å². The quantitative estimate of drug-likeness (QED) is 0.908. The third-order valence-corrected chi connectivity index (χ3v) is 3.32. The van der Waals surface area contributed by atoms with E-state index >= 15 is 0 Å². The van der Waals surface area contributed by atoms with Gasteiger partial charge in [-0.1, -0.05) is 19.9 Å². The number of rotatable bonds is 5. The van der Waals surface area contributed by atoms with Crippen LogP contribution >= 0.6 is 0 Å². The number of ether oxygens (including phenoxy) is 1. The van der Waals surface area contributed by atoms with Gasteiger partial charge in [0.15, 0.2) is 0 Å². The summed E-state index contributed by atoms with van der Waals surface area (Å²) in [5.41, 5.74) is 3.39. The number of hydrogen-bond donors (Lipinski definition) is 1. The van der Waals surface area contributed by atoms with Gasteiger partial charge in [0.25, 0.3) is 0 Å². The minimum Gasteiger partial charge on any atom is -0.487 e. The Morgan fingerprint density at radius 3 is 2.57 bits per heavy atom. The normalized spacial score (nSPS) is 10.7. The van der Waals surface area contributed by atoms with Crippen molar-refractivity contribution in [1.29, 1.82) is 0 Å². The predicted octanol–water partition coefficient (Wildman–Crippen LogP) is 3.79. The van der Waals surface area contributed by atoms with E-state index < -0.39 is 5.97 Å². The number of aromatic nitrogens is 1. The smallest absolute Gasteiger partial charge is 0.337 e. The molecule has 2 aromatic rings. The van der Waals surface area contributed by atoms with Gasteiger partial charge in [0.1, 0.15) is 12.4 Å². The molecule has 1 heterocycles. The highest BCUT2D eigenvalue weighted by Crippen LogP contribution is 2.23. The number of nitrogens with zero attached hydrogens (tertiary/aromatic N) is 1. The molecule has 21 heavy (non-hydrogen) atoms. The third-order valence-electron chi connectivity index (χ3n) is 3.32. The monoisotopic (exact) mass is 285 g/mol. The summed E-state index contributed by atoms with van der Waals surface area (Å²) in [5.74, 6) is 0.306. The molecule has 110 valence electrons. The molecular formula is C17H19NO3. The van der Waals surface area contributed by atoms with Crippen molar-refractivity contribution < 1.29 is 14.6 Å². The van der Waals surface area contributed by atoms with Gasteiger partial charge in [-0.15, -0.1) is 0 Å². The standard InChI is InChI=1S/C17H19NO3/c1-11(2)16-7-6-15(8-12(16)3)21-10-14-5-4-13(9-18-14)17(19)20/h4-9,11H,10H2,1-3H3,(H,19,20). The summed E-state index contributed by atoms with van der Waals surface area (Å²) in [6.07, 6.45) is 1.34. The Morgan fingerprint density at radius 2 is 2.05 bits per heavy atom. The van der Waals surface area contributed by atoms with Crippen LogP contribution in [-0.2, 0) is 6.61 Å². The third kappa shape index (κ3) is 3.81. The largest absolute Gasteiger partial charge is 0.487 e. The van der Waals surface area contributed by atoms with E-state index in [0.29, 0.717) is 18.2 Å². The average Bonchev–Trinajstić information content (AvgIpc) is 2.45. The Bertz CT molecular complexity index is 633. The second kappa shape index (κ2) is 6.39. The lowest BCUT2D eigenvalue weighted by atomic mass is 9.98. The van der Waals surface area contributed by atoms with E-state index in [4.69, 9.17) is 9.84 Å². The first-order valence-electron chi connectivity index (χ1n) is 6.89. The van der Waals surface area contributed by atoms with Gasteiger partial charge in [-0.2, -0.15) is 0 Å². The minimum atomic E-state index is -0.977. The summed E-state index contributed by atoms with van der Waals surface area (Å²) < 4.78 is 5.70. The van der Waals surface area contributed by atoms with Crippen molar-refractivity contribution in [2.24, 2.45) is 0 Å². The fourth-order valence-electron chi connectivity index (χ4n) is 2.18. The SMILES string of the molecule is Cc1cc(OCc2ccc(C(=O)O)cn2)ccc1C(C)C. The predicted molar refractivity (Wildman–Crippen MR) is 80.8 cm³/mol. The summed E-state index contributed by atoms with van der Waals surface area (Å²) >= 11 is 0. The van der Waals surface area contributed by atoms with Crippen LogP contribution in [0, 0.1) is 6.92 Å². The summed E-state index contributed by atoms with van der Waals surface area (Å²) in [4.78, 5) is 14.8. The lowest BCUT2D eigenvalue weighted by molar-refractivity contribution is 0.0696. The number of pyridine rings is 1. The molecular weight excluding hydrogens is 266 g/mol. The molecule has 1 aromatic carbocycles. The number of carboxylic acids is 1. The van der Waals surface area contributed by atoms with E-state index in [9.17, 15) is 4.79 Å². The van der Waals surface area contributed by atoms with Crippen LogP contribution in [0.15, 0.2) is 36.5 Å². The van der Waals surface area contributed by atoms with Gasteiger partial charge in [-0.25, -0.2) is 4.79 Å². The zero-order valence-corrected chi connectivity index (χ0v) is 12.5. The van der Waals surface area contributed by atoms with Crippen molar-refractivity contribution in [2.75, 3.05) is 0 Å². The van der Waals surface area contributed by atoms with Crippen LogP contribution in [0.4, 0.5) is 0 Å². The van der Waals surface area contributed by atoms with E-state index in [1.54, 1.807) is 6.07 Å². The average molecular weight is 285 g/mol. The second-order valence-corrected chi connectivity index (χ2v) is 5.31. The van der Waals surface area contributed by atoms with Crippen LogP contribution in [0.5, 0.6) is 5.75 Å². The highest BCUT2D eigenvalue weighted by molar-refractivity contribution is 5.87. The lowest BCUT2D eigenvalue weighted by Gasteiger charge is -2.12. The van der Waals surface area contributed by atoms with Gasteiger partial charge in [-0.05, 0) is 48.2 Å². The molecule has 0 radical (unpaired) electrons. The van der Waals surface area contributed by atoms with Crippen LogP contribution in [0.1, 0.15) is 46.9 Å². The first-order chi connectivity index (χ1) is 9.97. The van der Waals surface area contributed by atoms with Crippen molar-refractivity contribution >= 4 is 5.97 Å². The van der Waals surface area contributed by atoms with Gasteiger partial charge in [0, 0.05) is 6.20 Å². The van der Waals surface area contributed by atoms with Crippen LogP contribution in [0.25, 0.3) is 0 Å². The van der Waals surface area contributed by atoms with E-state index in [-0.39, 0.29) is 5.56 Å². The Labute approximate surface area is 124 Å². The molecule has 0 unspecified atom stereocenters. The van der Waals surface area contributed by atoms with Gasteiger partial charge in [0.05, 0.1) is 11.3 Å². The maximum absolute atomic E-state index is 10.7. The molecule has 0 aliphatic rings. The minimum absolute atomic E-state index is 0.177. The maximum Gasteiger partial charge on any atom is 0.337 e. The molecule has 0 spiro atoms. The Hall–Kier alpha value is -2.36. The van der Waals surface area contributed by atoms with Crippen molar-refractivity contribution in [3.05, 3.63) is 58.9 Å². The lowest BCUT2D eigenvalue weighted by Crippen LogP contribution is -2.02. The van der Waals surface area contributed by atoms with Crippen LogP contribution in [-0.4, -0.2) is 16.1 Å². The highest BCUT2D eigenvalue weighted by Gasteiger charge is 2.06. The van der Waals surface area contributed by atoms with Crippen molar-refractivity contribution in [2.45, 2.75) is 33.3 Å². The number of aromatic carboxylic acids is 1. The Balaban J connectivity index is 2.02. The molecule has 0 aliphatic carbocycles. The molecule has 4 nitrogen and oxygen atoms in total. The number of carbonyl (C=O) groups is 1. The van der Waals surface area contributed by atoms with Gasteiger partial charge >= 0.3 is 5.97 Å². The van der Waals surface area contributed by atoms with Crippen molar-refractivity contribution in [3.63, 3.8) is 0 Å². The summed E-state index contributed by atoms with van der Waals surface area (Å²) in [6, 6.07) is 9.24. The van der Waals surface area contributed by atoms with Crippen LogP contribution in [0.2, 0.25) is 0 Å². The van der Waals surface area contributed by atoms with Crippen LogP contribution in [0.3, 0.4) is 0 Å². The molecule has 1 aromatic heterocycles. The van der Waals surface area contributed by atoms with Gasteiger partial charge < -0.3 is 9.84 Å². The fraction of sp³-hybridized carbons (Fsp3) is 0.294. The molecule has 0 bridgehead atoms. The second-order valence-electron chi connectivity index (χ2n) is 5.31. The zero-order valence-electron chi connectivity index (χ0n) is 12.5. The highest BCUT2D eigenvalue weighted by atomic mass is 16.5. The Morgan fingerprint density at radius 1 is 1.29 bits per heavy atom. The Kier molecular flexibility index (Phi) is 4.58. The molecule has 0 atom stereocenters.